The average Bonchev–Trinajstić information content (AvgIpc) is 2.46. The quantitative estimate of drug-likeness (QED) is 0.844. The fraction of sp³-hybridized carbons (Fsp3) is 0.250. The van der Waals surface area contributed by atoms with Gasteiger partial charge < -0.3 is 10.8 Å². The molecule has 2 nitrogen and oxygen atoms in total. The molecule has 0 bridgehead atoms. The highest BCUT2D eigenvalue weighted by Gasteiger charge is 2.35. The summed E-state index contributed by atoms with van der Waals surface area (Å²) in [7, 11) is 0. The summed E-state index contributed by atoms with van der Waals surface area (Å²) >= 11 is 5.82. The number of benzene rings is 2. The Morgan fingerprint density at radius 3 is 2.22 bits per heavy atom. The highest BCUT2D eigenvalue weighted by molar-refractivity contribution is 6.32. The molecule has 3 N–H and O–H groups in total. The van der Waals surface area contributed by atoms with Crippen molar-refractivity contribution in [1.82, 2.24) is 0 Å². The molecule has 0 unspecified atom stereocenters. The van der Waals surface area contributed by atoms with Gasteiger partial charge in [-0.3, -0.25) is 0 Å². The minimum absolute atomic E-state index is 0. The molecule has 126 valence electrons. The van der Waals surface area contributed by atoms with E-state index < -0.39 is 28.9 Å². The van der Waals surface area contributed by atoms with Gasteiger partial charge in [-0.1, -0.05) is 54.1 Å². The Kier molecular flexibility index (Phi) is 6.89. The topological polar surface area (TPSA) is 46.2 Å². The highest BCUT2D eigenvalue weighted by Crippen LogP contribution is 2.38. The number of aliphatic hydroxyl groups excluding tert-OH is 1. The number of hydrogen-bond donors (Lipinski definition) is 2. The average molecular weight is 366 g/mol. The maximum Gasteiger partial charge on any atom is 0.417 e. The molecule has 7 heteroatoms. The number of halogens is 5. The molecule has 0 aliphatic heterocycles. The van der Waals surface area contributed by atoms with Crippen molar-refractivity contribution in [3.63, 3.8) is 0 Å². The van der Waals surface area contributed by atoms with Gasteiger partial charge in [0, 0.05) is 6.42 Å². The van der Waals surface area contributed by atoms with E-state index in [-0.39, 0.29) is 24.4 Å². The van der Waals surface area contributed by atoms with E-state index in [4.69, 9.17) is 17.3 Å². The molecule has 0 fully saturated rings. The van der Waals surface area contributed by atoms with Gasteiger partial charge >= 0.3 is 6.18 Å². The van der Waals surface area contributed by atoms with Gasteiger partial charge in [-0.05, 0) is 17.2 Å². The third-order valence-corrected chi connectivity index (χ3v) is 3.82. The molecule has 2 aromatic rings. The van der Waals surface area contributed by atoms with Gasteiger partial charge in [-0.25, -0.2) is 0 Å². The Balaban J connectivity index is 0.00000264. The summed E-state index contributed by atoms with van der Waals surface area (Å²) in [6, 6.07) is 11.6. The lowest BCUT2D eigenvalue weighted by Crippen LogP contribution is -2.28. The summed E-state index contributed by atoms with van der Waals surface area (Å²) in [4.78, 5) is 0. The molecular weight excluding hydrogens is 350 g/mol. The smallest absolute Gasteiger partial charge is 0.391 e. The Bertz CT molecular complexity index is 635. The third-order valence-electron chi connectivity index (χ3n) is 3.40. The Hall–Kier alpha value is -1.27. The number of alkyl halides is 3. The minimum atomic E-state index is -4.56. The fourth-order valence-corrected chi connectivity index (χ4v) is 2.58. The van der Waals surface area contributed by atoms with E-state index in [9.17, 15) is 18.3 Å². The minimum Gasteiger partial charge on any atom is -0.391 e. The fourth-order valence-electron chi connectivity index (χ4n) is 2.22. The van der Waals surface area contributed by atoms with E-state index in [0.29, 0.717) is 0 Å². The van der Waals surface area contributed by atoms with Crippen LogP contribution in [-0.2, 0) is 12.6 Å². The van der Waals surface area contributed by atoms with Crippen LogP contribution in [0.3, 0.4) is 0 Å². The van der Waals surface area contributed by atoms with Gasteiger partial charge in [0.1, 0.15) is 0 Å². The van der Waals surface area contributed by atoms with Crippen LogP contribution in [0, 0.1) is 0 Å². The second kappa shape index (κ2) is 8.02. The predicted octanol–water partition coefficient (Wildman–Crippen LogP) is 4.38. The van der Waals surface area contributed by atoms with Crippen LogP contribution in [0.4, 0.5) is 13.2 Å². The molecule has 0 saturated carbocycles. The zero-order valence-corrected chi connectivity index (χ0v) is 13.5. The van der Waals surface area contributed by atoms with Gasteiger partial charge in [0.25, 0.3) is 0 Å². The molecule has 0 aliphatic rings. The van der Waals surface area contributed by atoms with Crippen LogP contribution in [0.5, 0.6) is 0 Å². The van der Waals surface area contributed by atoms with Crippen molar-refractivity contribution in [2.24, 2.45) is 5.73 Å². The molecule has 2 rings (SSSR count). The van der Waals surface area contributed by atoms with E-state index in [1.54, 1.807) is 0 Å². The molecule has 2 atom stereocenters. The van der Waals surface area contributed by atoms with Gasteiger partial charge in [0.05, 0.1) is 22.7 Å². The van der Waals surface area contributed by atoms with Gasteiger partial charge in [0.15, 0.2) is 0 Å². The van der Waals surface area contributed by atoms with Gasteiger partial charge in [0.2, 0.25) is 0 Å². The highest BCUT2D eigenvalue weighted by atomic mass is 35.5. The zero-order chi connectivity index (χ0) is 16.3. The maximum absolute atomic E-state index is 12.9. The first-order chi connectivity index (χ1) is 10.3. The van der Waals surface area contributed by atoms with Crippen LogP contribution < -0.4 is 5.73 Å². The van der Waals surface area contributed by atoms with E-state index in [2.05, 4.69) is 0 Å². The second-order valence-electron chi connectivity index (χ2n) is 4.99. The number of rotatable bonds is 4. The van der Waals surface area contributed by atoms with Gasteiger partial charge in [-0.2, -0.15) is 13.2 Å². The zero-order valence-electron chi connectivity index (χ0n) is 11.9. The van der Waals surface area contributed by atoms with E-state index in [0.717, 1.165) is 11.6 Å². The predicted molar refractivity (Wildman–Crippen MR) is 86.8 cm³/mol. The first-order valence-corrected chi connectivity index (χ1v) is 7.01. The Morgan fingerprint density at radius 1 is 1.04 bits per heavy atom. The molecule has 23 heavy (non-hydrogen) atoms. The monoisotopic (exact) mass is 365 g/mol. The molecule has 0 saturated heterocycles. The van der Waals surface area contributed by atoms with Crippen molar-refractivity contribution < 1.29 is 18.3 Å². The lowest BCUT2D eigenvalue weighted by atomic mass is 9.95. The maximum atomic E-state index is 12.9. The van der Waals surface area contributed by atoms with Gasteiger partial charge in [-0.15, -0.1) is 12.4 Å². The second-order valence-corrected chi connectivity index (χ2v) is 5.37. The number of hydrogen-bond acceptors (Lipinski definition) is 2. The van der Waals surface area contributed by atoms with Crippen LogP contribution >= 0.6 is 24.0 Å². The lowest BCUT2D eigenvalue weighted by molar-refractivity contribution is -0.137. The van der Waals surface area contributed by atoms with Crippen LogP contribution in [0.25, 0.3) is 0 Å². The molecule has 0 amide bonds. The summed E-state index contributed by atoms with van der Waals surface area (Å²) in [5, 5.41) is 9.71. The summed E-state index contributed by atoms with van der Waals surface area (Å²) < 4.78 is 38.6. The van der Waals surface area contributed by atoms with Crippen molar-refractivity contribution in [1.29, 1.82) is 0 Å². The lowest BCUT2D eigenvalue weighted by Gasteiger charge is -2.22. The Labute approximate surface area is 143 Å². The summed E-state index contributed by atoms with van der Waals surface area (Å²) in [5.74, 6) is 0. The van der Waals surface area contributed by atoms with Crippen molar-refractivity contribution in [3.8, 4) is 0 Å². The summed E-state index contributed by atoms with van der Waals surface area (Å²) in [6.45, 7) is 0. The number of aliphatic hydroxyl groups is 1. The molecule has 2 aromatic carbocycles. The van der Waals surface area contributed by atoms with Crippen molar-refractivity contribution >= 4 is 24.0 Å². The standard InChI is InChI=1S/C16H15ClF3NO.ClH/c17-14-11(7-4-8-12(14)16(18,19)20)15(21)13(22)9-10-5-2-1-3-6-10;/h1-8,13,15,22H,9,21H2;1H/t13-,15+;/m0./s1. The molecule has 0 spiro atoms. The molecule has 0 heterocycles. The molecular formula is C16H16Cl2F3NO. The van der Waals surface area contributed by atoms with Crippen molar-refractivity contribution in [2.75, 3.05) is 0 Å². The molecule has 0 aliphatic carbocycles. The van der Waals surface area contributed by atoms with Crippen LogP contribution in [0.15, 0.2) is 48.5 Å². The van der Waals surface area contributed by atoms with Crippen molar-refractivity contribution in [2.45, 2.75) is 24.7 Å². The first-order valence-electron chi connectivity index (χ1n) is 6.64. The molecule has 0 aromatic heterocycles. The SMILES string of the molecule is Cl.N[C@H](c1cccc(C(F)(F)F)c1Cl)[C@@H](O)Cc1ccccc1. The summed E-state index contributed by atoms with van der Waals surface area (Å²) in [6.07, 6.45) is -5.37. The van der Waals surface area contributed by atoms with Crippen LogP contribution in [0.1, 0.15) is 22.7 Å². The largest absolute Gasteiger partial charge is 0.417 e. The first kappa shape index (κ1) is 19.8. The number of nitrogens with two attached hydrogens (primary N) is 1. The molecule has 0 radical (unpaired) electrons. The van der Waals surface area contributed by atoms with E-state index >= 15 is 0 Å². The van der Waals surface area contributed by atoms with E-state index in [1.807, 2.05) is 30.3 Å². The Morgan fingerprint density at radius 2 is 1.65 bits per heavy atom. The normalized spacial score (nSPS) is 14.0. The summed E-state index contributed by atoms with van der Waals surface area (Å²) in [5.41, 5.74) is 5.87. The van der Waals surface area contributed by atoms with E-state index in [1.165, 1.54) is 12.1 Å². The van der Waals surface area contributed by atoms with Crippen LogP contribution in [-0.4, -0.2) is 11.2 Å². The van der Waals surface area contributed by atoms with Crippen molar-refractivity contribution in [3.05, 3.63) is 70.2 Å². The third kappa shape index (κ3) is 4.85. The van der Waals surface area contributed by atoms with Crippen LogP contribution in [0.2, 0.25) is 5.02 Å².